The second-order valence-electron chi connectivity index (χ2n) is 5.70. The molecule has 1 aliphatic heterocycles. The van der Waals surface area contributed by atoms with Crippen LogP contribution in [0, 0.1) is 11.3 Å². The van der Waals surface area contributed by atoms with Crippen molar-refractivity contribution in [1.29, 1.82) is 5.26 Å². The van der Waals surface area contributed by atoms with E-state index in [9.17, 15) is 10.1 Å². The van der Waals surface area contributed by atoms with Crippen LogP contribution in [0.15, 0.2) is 42.6 Å². The van der Waals surface area contributed by atoms with E-state index in [0.29, 0.717) is 17.8 Å². The van der Waals surface area contributed by atoms with Crippen molar-refractivity contribution in [2.24, 2.45) is 0 Å². The number of hydrogen-bond donors (Lipinski definition) is 1. The summed E-state index contributed by atoms with van der Waals surface area (Å²) < 4.78 is 1.77. The number of para-hydroxylation sites is 1. The first-order valence-corrected chi connectivity index (χ1v) is 7.97. The Bertz CT molecular complexity index is 708. The number of nitrogens with zero attached hydrogens (tertiary/aromatic N) is 3. The van der Waals surface area contributed by atoms with Gasteiger partial charge >= 0.3 is 0 Å². The van der Waals surface area contributed by atoms with Crippen molar-refractivity contribution in [2.45, 2.75) is 12.8 Å². The summed E-state index contributed by atoms with van der Waals surface area (Å²) in [4.78, 5) is 14.9. The SMILES string of the molecule is N#Cc1ccn(-c2ccccc2)c1C(=O)NCCN1CCCC1. The molecule has 2 aromatic rings. The van der Waals surface area contributed by atoms with Gasteiger partial charge in [0.25, 0.3) is 5.91 Å². The number of amides is 1. The fourth-order valence-corrected chi connectivity index (χ4v) is 2.98. The van der Waals surface area contributed by atoms with Crippen molar-refractivity contribution in [1.82, 2.24) is 14.8 Å². The van der Waals surface area contributed by atoms with E-state index >= 15 is 0 Å². The van der Waals surface area contributed by atoms with Gasteiger partial charge in [-0.15, -0.1) is 0 Å². The Morgan fingerprint density at radius 1 is 1.17 bits per heavy atom. The quantitative estimate of drug-likeness (QED) is 0.921. The molecule has 1 N–H and O–H groups in total. The minimum atomic E-state index is -0.199. The predicted octanol–water partition coefficient (Wildman–Crippen LogP) is 2.17. The number of carbonyl (C=O) groups is 1. The molecule has 5 nitrogen and oxygen atoms in total. The number of hydrogen-bond acceptors (Lipinski definition) is 3. The Kier molecular flexibility index (Phi) is 4.74. The highest BCUT2D eigenvalue weighted by atomic mass is 16.1. The summed E-state index contributed by atoms with van der Waals surface area (Å²) in [5.41, 5.74) is 1.67. The maximum atomic E-state index is 12.6. The average molecular weight is 308 g/mol. The van der Waals surface area contributed by atoms with Crippen LogP contribution in [0.25, 0.3) is 5.69 Å². The second kappa shape index (κ2) is 7.12. The van der Waals surface area contributed by atoms with Crippen LogP contribution in [0.2, 0.25) is 0 Å². The highest BCUT2D eigenvalue weighted by molar-refractivity contribution is 5.95. The van der Waals surface area contributed by atoms with E-state index in [1.165, 1.54) is 12.8 Å². The normalized spacial score (nSPS) is 14.6. The molecule has 0 bridgehead atoms. The number of aromatic nitrogens is 1. The molecule has 1 aromatic carbocycles. The number of benzene rings is 1. The van der Waals surface area contributed by atoms with Crippen molar-refractivity contribution >= 4 is 5.91 Å². The summed E-state index contributed by atoms with van der Waals surface area (Å²) in [5.74, 6) is -0.199. The van der Waals surface area contributed by atoms with Gasteiger partial charge in [-0.05, 0) is 44.1 Å². The Morgan fingerprint density at radius 2 is 1.91 bits per heavy atom. The summed E-state index contributed by atoms with van der Waals surface area (Å²) >= 11 is 0. The van der Waals surface area contributed by atoms with Gasteiger partial charge in [0.2, 0.25) is 0 Å². The molecule has 0 radical (unpaired) electrons. The van der Waals surface area contributed by atoms with Gasteiger partial charge in [0.05, 0.1) is 5.56 Å². The standard InChI is InChI=1S/C18H20N4O/c19-14-15-8-12-22(16-6-2-1-3-7-16)17(15)18(23)20-9-13-21-10-4-5-11-21/h1-3,6-8,12H,4-5,9-11,13H2,(H,20,23). The summed E-state index contributed by atoms with van der Waals surface area (Å²) in [6.45, 7) is 3.68. The zero-order valence-corrected chi connectivity index (χ0v) is 13.0. The first-order valence-electron chi connectivity index (χ1n) is 7.97. The third kappa shape index (κ3) is 3.43. The Labute approximate surface area is 136 Å². The molecule has 1 amide bonds. The molecule has 5 heteroatoms. The van der Waals surface area contributed by atoms with Gasteiger partial charge in [-0.25, -0.2) is 0 Å². The topological polar surface area (TPSA) is 61.1 Å². The van der Waals surface area contributed by atoms with Crippen LogP contribution in [0.3, 0.4) is 0 Å². The monoisotopic (exact) mass is 308 g/mol. The van der Waals surface area contributed by atoms with Crippen LogP contribution >= 0.6 is 0 Å². The van der Waals surface area contributed by atoms with Crippen molar-refractivity contribution in [3.63, 3.8) is 0 Å². The van der Waals surface area contributed by atoms with Crippen LogP contribution < -0.4 is 5.32 Å². The summed E-state index contributed by atoms with van der Waals surface area (Å²) in [6.07, 6.45) is 4.25. The number of carbonyl (C=O) groups excluding carboxylic acids is 1. The van der Waals surface area contributed by atoms with Crippen LogP contribution in [0.4, 0.5) is 0 Å². The third-order valence-corrected chi connectivity index (χ3v) is 4.17. The number of nitriles is 1. The van der Waals surface area contributed by atoms with Gasteiger partial charge in [-0.2, -0.15) is 5.26 Å². The molecule has 0 unspecified atom stereocenters. The van der Waals surface area contributed by atoms with E-state index in [-0.39, 0.29) is 5.91 Å². The van der Waals surface area contributed by atoms with Crippen molar-refractivity contribution in [3.05, 3.63) is 53.9 Å². The molecule has 118 valence electrons. The van der Waals surface area contributed by atoms with Gasteiger partial charge < -0.3 is 14.8 Å². The number of likely N-dealkylation sites (tertiary alicyclic amines) is 1. The second-order valence-corrected chi connectivity index (χ2v) is 5.70. The van der Waals surface area contributed by atoms with Crippen LogP contribution in [0.5, 0.6) is 0 Å². The van der Waals surface area contributed by atoms with E-state index in [0.717, 1.165) is 25.3 Å². The lowest BCUT2D eigenvalue weighted by Gasteiger charge is -2.15. The molecule has 1 saturated heterocycles. The van der Waals surface area contributed by atoms with Gasteiger partial charge in [-0.3, -0.25) is 4.79 Å². The molecular formula is C18H20N4O. The molecule has 0 spiro atoms. The number of rotatable bonds is 5. The summed E-state index contributed by atoms with van der Waals surface area (Å²) in [6, 6.07) is 13.4. The van der Waals surface area contributed by atoms with E-state index in [4.69, 9.17) is 0 Å². The van der Waals surface area contributed by atoms with Crippen molar-refractivity contribution in [2.75, 3.05) is 26.2 Å². The van der Waals surface area contributed by atoms with Crippen LogP contribution in [-0.2, 0) is 0 Å². The largest absolute Gasteiger partial charge is 0.349 e. The molecule has 1 aromatic heterocycles. The maximum Gasteiger partial charge on any atom is 0.269 e. The van der Waals surface area contributed by atoms with Crippen LogP contribution in [-0.4, -0.2) is 41.6 Å². The Morgan fingerprint density at radius 3 is 2.61 bits per heavy atom. The van der Waals surface area contributed by atoms with Gasteiger partial charge in [-0.1, -0.05) is 18.2 Å². The molecule has 0 aliphatic carbocycles. The van der Waals surface area contributed by atoms with Crippen molar-refractivity contribution < 1.29 is 4.79 Å². The average Bonchev–Trinajstić information content (AvgIpc) is 3.24. The first-order chi connectivity index (χ1) is 11.3. The summed E-state index contributed by atoms with van der Waals surface area (Å²) in [7, 11) is 0. The smallest absolute Gasteiger partial charge is 0.269 e. The summed E-state index contributed by atoms with van der Waals surface area (Å²) in [5, 5.41) is 12.2. The zero-order chi connectivity index (χ0) is 16.1. The first kappa shape index (κ1) is 15.3. The van der Waals surface area contributed by atoms with E-state index in [1.54, 1.807) is 16.8 Å². The minimum absolute atomic E-state index is 0.199. The molecule has 1 aliphatic rings. The predicted molar refractivity (Wildman–Crippen MR) is 88.5 cm³/mol. The Balaban J connectivity index is 1.74. The molecular weight excluding hydrogens is 288 g/mol. The van der Waals surface area contributed by atoms with Gasteiger partial charge in [0.1, 0.15) is 11.8 Å². The minimum Gasteiger partial charge on any atom is -0.349 e. The fourth-order valence-electron chi connectivity index (χ4n) is 2.98. The maximum absolute atomic E-state index is 12.6. The highest BCUT2D eigenvalue weighted by Gasteiger charge is 2.18. The number of nitrogens with one attached hydrogen (secondary N) is 1. The van der Waals surface area contributed by atoms with E-state index < -0.39 is 0 Å². The Hall–Kier alpha value is -2.58. The lowest BCUT2D eigenvalue weighted by Crippen LogP contribution is -2.34. The molecule has 23 heavy (non-hydrogen) atoms. The van der Waals surface area contributed by atoms with Gasteiger partial charge in [0.15, 0.2) is 0 Å². The van der Waals surface area contributed by atoms with Crippen LogP contribution in [0.1, 0.15) is 28.9 Å². The highest BCUT2D eigenvalue weighted by Crippen LogP contribution is 2.16. The van der Waals surface area contributed by atoms with E-state index in [1.807, 2.05) is 30.3 Å². The lowest BCUT2D eigenvalue weighted by atomic mass is 10.2. The lowest BCUT2D eigenvalue weighted by molar-refractivity contribution is 0.0942. The third-order valence-electron chi connectivity index (χ3n) is 4.17. The van der Waals surface area contributed by atoms with Crippen molar-refractivity contribution in [3.8, 4) is 11.8 Å². The molecule has 2 heterocycles. The molecule has 0 saturated carbocycles. The van der Waals surface area contributed by atoms with Gasteiger partial charge in [0, 0.05) is 25.0 Å². The zero-order valence-electron chi connectivity index (χ0n) is 13.0. The molecule has 1 fully saturated rings. The van der Waals surface area contributed by atoms with E-state index in [2.05, 4.69) is 16.3 Å². The molecule has 0 atom stereocenters. The molecule has 3 rings (SSSR count). The fraction of sp³-hybridized carbons (Fsp3) is 0.333.